The standard InChI is InChI=1S/C12H13N6O2/c1-16-4-2-9(3-5-16)6-10-11(18(19)20)7-13-12-14-8-15-17(10)12/h2-5,7-8,10-11H,6H2,1H3/q+1/t10-,11+/m1/s1. The Hall–Kier alpha value is -2.64. The van der Waals surface area contributed by atoms with Gasteiger partial charge in [0.1, 0.15) is 19.4 Å². The molecule has 0 amide bonds. The summed E-state index contributed by atoms with van der Waals surface area (Å²) in [7, 11) is 1.92. The number of pyridine rings is 1. The van der Waals surface area contributed by atoms with E-state index in [9.17, 15) is 10.1 Å². The van der Waals surface area contributed by atoms with Crippen molar-refractivity contribution >= 4 is 12.2 Å². The van der Waals surface area contributed by atoms with Gasteiger partial charge in [0.2, 0.25) is 5.95 Å². The lowest BCUT2D eigenvalue weighted by molar-refractivity contribution is -0.671. The Morgan fingerprint density at radius 2 is 2.20 bits per heavy atom. The summed E-state index contributed by atoms with van der Waals surface area (Å²) in [5, 5.41) is 15.3. The number of fused-ring (bicyclic) bond motifs is 1. The minimum absolute atomic E-state index is 0.332. The van der Waals surface area contributed by atoms with Gasteiger partial charge < -0.3 is 0 Å². The minimum Gasteiger partial charge on any atom is -0.264 e. The van der Waals surface area contributed by atoms with Gasteiger partial charge in [0.15, 0.2) is 12.4 Å². The van der Waals surface area contributed by atoms with Gasteiger partial charge in [0, 0.05) is 23.5 Å². The number of aryl methyl sites for hydroxylation is 1. The molecule has 0 saturated heterocycles. The summed E-state index contributed by atoms with van der Waals surface area (Å²) in [6, 6.07) is 2.59. The third kappa shape index (κ3) is 2.15. The molecule has 8 heteroatoms. The number of nitro groups is 1. The van der Waals surface area contributed by atoms with Crippen molar-refractivity contribution < 1.29 is 9.49 Å². The summed E-state index contributed by atoms with van der Waals surface area (Å²) in [6.45, 7) is 0. The molecule has 0 aliphatic carbocycles. The van der Waals surface area contributed by atoms with Gasteiger partial charge in [-0.2, -0.15) is 10.1 Å². The smallest absolute Gasteiger partial charge is 0.264 e. The summed E-state index contributed by atoms with van der Waals surface area (Å²) in [4.78, 5) is 18.8. The van der Waals surface area contributed by atoms with Crippen molar-refractivity contribution in [2.45, 2.75) is 18.5 Å². The van der Waals surface area contributed by atoms with Gasteiger partial charge in [0.25, 0.3) is 6.04 Å². The third-order valence-electron chi connectivity index (χ3n) is 3.34. The van der Waals surface area contributed by atoms with Crippen molar-refractivity contribution in [3.63, 3.8) is 0 Å². The fourth-order valence-corrected chi connectivity index (χ4v) is 2.27. The van der Waals surface area contributed by atoms with Crippen molar-refractivity contribution in [2.24, 2.45) is 12.0 Å². The zero-order valence-corrected chi connectivity index (χ0v) is 10.8. The Labute approximate surface area is 114 Å². The second-order valence-electron chi connectivity index (χ2n) is 4.70. The van der Waals surface area contributed by atoms with Gasteiger partial charge in [-0.05, 0) is 5.56 Å². The van der Waals surface area contributed by atoms with E-state index in [1.54, 1.807) is 0 Å². The number of aromatic nitrogens is 4. The van der Waals surface area contributed by atoms with Gasteiger partial charge in [-0.25, -0.2) is 14.2 Å². The van der Waals surface area contributed by atoms with E-state index in [1.165, 1.54) is 17.2 Å². The first-order chi connectivity index (χ1) is 9.65. The van der Waals surface area contributed by atoms with Crippen LogP contribution in [0, 0.1) is 10.1 Å². The van der Waals surface area contributed by atoms with Crippen LogP contribution in [0.2, 0.25) is 0 Å². The van der Waals surface area contributed by atoms with E-state index >= 15 is 0 Å². The highest BCUT2D eigenvalue weighted by atomic mass is 16.6. The van der Waals surface area contributed by atoms with E-state index in [0.29, 0.717) is 12.4 Å². The van der Waals surface area contributed by atoms with E-state index < -0.39 is 12.1 Å². The number of hydrogen-bond donors (Lipinski definition) is 0. The van der Waals surface area contributed by atoms with E-state index in [-0.39, 0.29) is 4.92 Å². The van der Waals surface area contributed by atoms with Crippen molar-refractivity contribution in [1.82, 2.24) is 14.8 Å². The Bertz CT molecular complexity index is 663. The quantitative estimate of drug-likeness (QED) is 0.455. The molecule has 0 bridgehead atoms. The summed E-state index contributed by atoms with van der Waals surface area (Å²) in [6.07, 6.45) is 7.05. The van der Waals surface area contributed by atoms with E-state index in [0.717, 1.165) is 5.56 Å². The molecule has 0 saturated carbocycles. The van der Waals surface area contributed by atoms with Crippen molar-refractivity contribution in [2.75, 3.05) is 0 Å². The molecule has 102 valence electrons. The van der Waals surface area contributed by atoms with Crippen molar-refractivity contribution in [1.29, 1.82) is 0 Å². The van der Waals surface area contributed by atoms with Crippen LogP contribution in [0.1, 0.15) is 11.6 Å². The van der Waals surface area contributed by atoms with Crippen LogP contribution >= 0.6 is 0 Å². The monoisotopic (exact) mass is 273 g/mol. The molecule has 3 rings (SSSR count). The van der Waals surface area contributed by atoms with Gasteiger partial charge in [-0.15, -0.1) is 0 Å². The van der Waals surface area contributed by atoms with Gasteiger partial charge in [0.05, 0.1) is 6.21 Å². The summed E-state index contributed by atoms with van der Waals surface area (Å²) in [5.41, 5.74) is 1.01. The maximum absolute atomic E-state index is 11.2. The highest BCUT2D eigenvalue weighted by molar-refractivity contribution is 5.68. The van der Waals surface area contributed by atoms with E-state index in [1.807, 2.05) is 36.1 Å². The molecule has 0 fully saturated rings. The summed E-state index contributed by atoms with van der Waals surface area (Å²) >= 11 is 0. The van der Waals surface area contributed by atoms with Crippen LogP contribution in [0.15, 0.2) is 35.8 Å². The predicted molar refractivity (Wildman–Crippen MR) is 69.3 cm³/mol. The average molecular weight is 273 g/mol. The number of nitrogens with zero attached hydrogens (tertiary/aromatic N) is 6. The maximum Gasteiger partial charge on any atom is 0.270 e. The molecule has 8 nitrogen and oxygen atoms in total. The second kappa shape index (κ2) is 4.80. The molecule has 2 aromatic rings. The maximum atomic E-state index is 11.2. The highest BCUT2D eigenvalue weighted by Crippen LogP contribution is 2.26. The van der Waals surface area contributed by atoms with Gasteiger partial charge in [-0.1, -0.05) is 0 Å². The lowest BCUT2D eigenvalue weighted by Gasteiger charge is -2.21. The first-order valence-corrected chi connectivity index (χ1v) is 6.16. The molecule has 1 aliphatic heterocycles. The third-order valence-corrected chi connectivity index (χ3v) is 3.34. The fraction of sp³-hybridized carbons (Fsp3) is 0.333. The topological polar surface area (TPSA) is 90.1 Å². The Morgan fingerprint density at radius 3 is 2.90 bits per heavy atom. The number of hydrogen-bond acceptors (Lipinski definition) is 5. The van der Waals surface area contributed by atoms with Crippen LogP contribution in [0.25, 0.3) is 0 Å². The lowest BCUT2D eigenvalue weighted by atomic mass is 10.0. The molecule has 3 heterocycles. The number of aliphatic imine (C=N–C) groups is 1. The van der Waals surface area contributed by atoms with Crippen LogP contribution in [-0.4, -0.2) is 31.9 Å². The van der Waals surface area contributed by atoms with Gasteiger partial charge in [-0.3, -0.25) is 10.1 Å². The predicted octanol–water partition coefficient (Wildman–Crippen LogP) is 0.248. The molecule has 2 atom stereocenters. The molecule has 20 heavy (non-hydrogen) atoms. The van der Waals surface area contributed by atoms with E-state index in [4.69, 9.17) is 0 Å². The molecule has 0 spiro atoms. The highest BCUT2D eigenvalue weighted by Gasteiger charge is 2.36. The fourth-order valence-electron chi connectivity index (χ4n) is 2.27. The Balaban J connectivity index is 1.94. The van der Waals surface area contributed by atoms with E-state index in [2.05, 4.69) is 15.1 Å². The van der Waals surface area contributed by atoms with Crippen LogP contribution < -0.4 is 4.57 Å². The summed E-state index contributed by atoms with van der Waals surface area (Å²) < 4.78 is 3.44. The first kappa shape index (κ1) is 12.4. The average Bonchev–Trinajstić information content (AvgIpc) is 2.90. The molecule has 2 aromatic heterocycles. The van der Waals surface area contributed by atoms with Crippen LogP contribution in [0.4, 0.5) is 5.95 Å². The van der Waals surface area contributed by atoms with Crippen LogP contribution in [-0.2, 0) is 13.5 Å². The first-order valence-electron chi connectivity index (χ1n) is 6.16. The molecule has 0 radical (unpaired) electrons. The lowest BCUT2D eigenvalue weighted by Crippen LogP contribution is -2.37. The molecular weight excluding hydrogens is 260 g/mol. The largest absolute Gasteiger partial charge is 0.270 e. The molecule has 1 aliphatic rings. The van der Waals surface area contributed by atoms with Crippen LogP contribution in [0.3, 0.4) is 0 Å². The SMILES string of the molecule is C[n+]1ccc(C[C@@H]2[C@@H]([N+](=O)[O-])C=Nc3ncnn32)cc1. The number of rotatable bonds is 3. The molecule has 0 aromatic carbocycles. The molecular formula is C12H13N6O2+. The Kier molecular flexibility index (Phi) is 2.97. The molecule has 0 N–H and O–H groups in total. The zero-order valence-electron chi connectivity index (χ0n) is 10.8. The van der Waals surface area contributed by atoms with Crippen molar-refractivity contribution in [3.05, 3.63) is 46.5 Å². The van der Waals surface area contributed by atoms with Gasteiger partial charge >= 0.3 is 0 Å². The second-order valence-corrected chi connectivity index (χ2v) is 4.70. The normalized spacial score (nSPS) is 20.6. The Morgan fingerprint density at radius 1 is 1.45 bits per heavy atom. The minimum atomic E-state index is -0.891. The molecule has 0 unspecified atom stereocenters. The summed E-state index contributed by atoms with van der Waals surface area (Å²) in [5.74, 6) is 0.412. The zero-order chi connectivity index (χ0) is 14.1. The van der Waals surface area contributed by atoms with Crippen molar-refractivity contribution in [3.8, 4) is 0 Å². The van der Waals surface area contributed by atoms with Crippen LogP contribution in [0.5, 0.6) is 0 Å².